The average Bonchev–Trinajstić information content (AvgIpc) is 3.26. The summed E-state index contributed by atoms with van der Waals surface area (Å²) < 4.78 is 0. The minimum absolute atomic E-state index is 0.0507. The first-order valence-electron chi connectivity index (χ1n) is 10.6. The van der Waals surface area contributed by atoms with Crippen LogP contribution in [0.3, 0.4) is 0 Å². The van der Waals surface area contributed by atoms with Gasteiger partial charge in [0.2, 0.25) is 0 Å². The van der Waals surface area contributed by atoms with Gasteiger partial charge in [-0.3, -0.25) is 9.78 Å². The lowest BCUT2D eigenvalue weighted by atomic mass is 9.79. The lowest BCUT2D eigenvalue weighted by molar-refractivity contribution is 0.0852. The maximum Gasteiger partial charge on any atom is 0.259 e. The summed E-state index contributed by atoms with van der Waals surface area (Å²) in [6, 6.07) is 13.9. The van der Waals surface area contributed by atoms with Crippen LogP contribution in [0.2, 0.25) is 5.02 Å². The third-order valence-electron chi connectivity index (χ3n) is 6.46. The number of nitrogens with one attached hydrogen (secondary N) is 1. The Labute approximate surface area is 185 Å². The van der Waals surface area contributed by atoms with E-state index in [1.807, 2.05) is 29.2 Å². The second-order valence-electron chi connectivity index (χ2n) is 9.23. The third-order valence-corrected chi connectivity index (χ3v) is 6.69. The van der Waals surface area contributed by atoms with E-state index < -0.39 is 0 Å². The molecule has 2 aromatic heterocycles. The molecule has 2 aliphatic rings. The Kier molecular flexibility index (Phi) is 3.87. The Morgan fingerprint density at radius 2 is 1.97 bits per heavy atom. The zero-order chi connectivity index (χ0) is 21.3. The van der Waals surface area contributed by atoms with Gasteiger partial charge in [0.05, 0.1) is 22.5 Å². The van der Waals surface area contributed by atoms with E-state index in [4.69, 9.17) is 16.6 Å². The van der Waals surface area contributed by atoms with Gasteiger partial charge in [-0.2, -0.15) is 0 Å². The highest BCUT2D eigenvalue weighted by atomic mass is 35.5. The molecule has 6 rings (SSSR count). The van der Waals surface area contributed by atoms with Gasteiger partial charge < -0.3 is 9.88 Å². The summed E-state index contributed by atoms with van der Waals surface area (Å²) in [5.74, 6) is 0.0507. The van der Waals surface area contributed by atoms with E-state index >= 15 is 0 Å². The number of fused-ring (bicyclic) bond motifs is 3. The van der Waals surface area contributed by atoms with Crippen LogP contribution in [0, 0.1) is 5.41 Å². The predicted octanol–water partition coefficient (Wildman–Crippen LogP) is 5.99. The molecule has 0 unspecified atom stereocenters. The first-order valence-corrected chi connectivity index (χ1v) is 11.0. The number of amides is 1. The maximum atomic E-state index is 13.7. The van der Waals surface area contributed by atoms with E-state index in [1.165, 1.54) is 10.9 Å². The minimum Gasteiger partial charge on any atom is -0.361 e. The monoisotopic (exact) mass is 427 g/mol. The molecule has 1 N–H and O–H groups in total. The number of carbonyl (C=O) groups is 1. The van der Waals surface area contributed by atoms with Crippen molar-refractivity contribution in [1.29, 1.82) is 0 Å². The van der Waals surface area contributed by atoms with Crippen LogP contribution in [0.25, 0.3) is 27.5 Å². The van der Waals surface area contributed by atoms with Crippen LogP contribution < -0.4 is 0 Å². The highest BCUT2D eigenvalue weighted by Gasteiger charge is 2.41. The summed E-state index contributed by atoms with van der Waals surface area (Å²) in [5.41, 5.74) is 6.88. The van der Waals surface area contributed by atoms with Gasteiger partial charge in [-0.15, -0.1) is 0 Å². The number of para-hydroxylation sites is 1. The number of pyridine rings is 1. The summed E-state index contributed by atoms with van der Waals surface area (Å²) >= 11 is 6.29. The van der Waals surface area contributed by atoms with Gasteiger partial charge in [-0.1, -0.05) is 49.7 Å². The molecule has 0 radical (unpaired) electrons. The van der Waals surface area contributed by atoms with Crippen LogP contribution in [0.15, 0.2) is 54.7 Å². The summed E-state index contributed by atoms with van der Waals surface area (Å²) in [4.78, 5) is 23.9. The number of hydrogen-bond acceptors (Lipinski definition) is 2. The molecular formula is C26H22ClN3O. The van der Waals surface area contributed by atoms with Crippen LogP contribution in [0.1, 0.15) is 41.0 Å². The van der Waals surface area contributed by atoms with E-state index in [9.17, 15) is 4.79 Å². The second kappa shape index (κ2) is 6.44. The standard InChI is InChI=1S/C26H22ClN3O/c1-26(2)12-21-24-22(13-26)30(10-9-15-14-28-19-6-4-3-5-17(15)19)25(31)23(24)18-11-16(27)7-8-20(18)29-21/h3-8,11,13-14,28H,9-10,12H2,1-2H3. The van der Waals surface area contributed by atoms with Gasteiger partial charge in [0.25, 0.3) is 5.91 Å². The quantitative estimate of drug-likeness (QED) is 0.436. The number of aromatic amines is 1. The molecule has 0 spiro atoms. The maximum absolute atomic E-state index is 13.7. The van der Waals surface area contributed by atoms with Crippen molar-refractivity contribution in [1.82, 2.24) is 14.9 Å². The zero-order valence-corrected chi connectivity index (χ0v) is 18.3. The van der Waals surface area contributed by atoms with Crippen molar-refractivity contribution in [3.05, 3.63) is 82.1 Å². The van der Waals surface area contributed by atoms with Gasteiger partial charge in [-0.25, -0.2) is 0 Å². The Bertz CT molecular complexity index is 1430. The number of H-pyrrole nitrogens is 1. The normalized spacial score (nSPS) is 16.8. The SMILES string of the molecule is CC1(C)C=C2c3c(nc4ccc(Cl)cc4c3C(=O)N2CCc2c[nH]c3ccccc23)C1. The molecule has 4 aromatic rings. The fourth-order valence-corrected chi connectivity index (χ4v) is 5.26. The van der Waals surface area contributed by atoms with Crippen LogP contribution >= 0.6 is 11.6 Å². The molecule has 3 heterocycles. The van der Waals surface area contributed by atoms with E-state index in [0.29, 0.717) is 11.6 Å². The molecule has 0 bridgehead atoms. The van der Waals surface area contributed by atoms with E-state index in [1.54, 1.807) is 0 Å². The summed E-state index contributed by atoms with van der Waals surface area (Å²) in [5, 5.41) is 2.68. The molecule has 0 atom stereocenters. The Morgan fingerprint density at radius 1 is 1.13 bits per heavy atom. The summed E-state index contributed by atoms with van der Waals surface area (Å²) in [6.07, 6.45) is 5.90. The van der Waals surface area contributed by atoms with Crippen molar-refractivity contribution in [3.63, 3.8) is 0 Å². The number of nitrogens with zero attached hydrogens (tertiary/aromatic N) is 2. The molecule has 0 saturated heterocycles. The van der Waals surface area contributed by atoms with E-state index in [2.05, 4.69) is 49.3 Å². The molecule has 0 fully saturated rings. The first-order chi connectivity index (χ1) is 14.9. The van der Waals surface area contributed by atoms with Gasteiger partial charge >= 0.3 is 0 Å². The number of rotatable bonds is 3. The van der Waals surface area contributed by atoms with Crippen molar-refractivity contribution >= 4 is 45.0 Å². The van der Waals surface area contributed by atoms with Crippen LogP contribution in [-0.4, -0.2) is 27.3 Å². The van der Waals surface area contributed by atoms with Gasteiger partial charge in [-0.05, 0) is 48.1 Å². The van der Waals surface area contributed by atoms with Gasteiger partial charge in [0, 0.05) is 39.6 Å². The van der Waals surface area contributed by atoms with Crippen molar-refractivity contribution in [2.24, 2.45) is 5.41 Å². The number of benzene rings is 2. The fourth-order valence-electron chi connectivity index (χ4n) is 5.09. The lowest BCUT2D eigenvalue weighted by Gasteiger charge is -2.30. The first kappa shape index (κ1) is 18.6. The Balaban J connectivity index is 1.46. The number of hydrogen-bond donors (Lipinski definition) is 1. The smallest absolute Gasteiger partial charge is 0.259 e. The number of aromatic nitrogens is 2. The Hall–Kier alpha value is -3.11. The molecule has 0 saturated carbocycles. The molecule has 4 nitrogen and oxygen atoms in total. The van der Waals surface area contributed by atoms with Crippen molar-refractivity contribution in [2.45, 2.75) is 26.7 Å². The predicted molar refractivity (Wildman–Crippen MR) is 125 cm³/mol. The molecule has 2 aromatic carbocycles. The number of allylic oxidation sites excluding steroid dienone is 1. The number of halogens is 1. The van der Waals surface area contributed by atoms with Gasteiger partial charge in [0.1, 0.15) is 0 Å². The van der Waals surface area contributed by atoms with Crippen LogP contribution in [-0.2, 0) is 12.8 Å². The molecular weight excluding hydrogens is 406 g/mol. The fraction of sp³-hybridized carbons (Fsp3) is 0.231. The van der Waals surface area contributed by atoms with Crippen molar-refractivity contribution in [2.75, 3.05) is 6.54 Å². The molecule has 31 heavy (non-hydrogen) atoms. The zero-order valence-electron chi connectivity index (χ0n) is 17.5. The van der Waals surface area contributed by atoms with Crippen LogP contribution in [0.5, 0.6) is 0 Å². The third kappa shape index (κ3) is 2.82. The highest BCUT2D eigenvalue weighted by Crippen LogP contribution is 2.46. The highest BCUT2D eigenvalue weighted by molar-refractivity contribution is 6.31. The largest absolute Gasteiger partial charge is 0.361 e. The van der Waals surface area contributed by atoms with Crippen molar-refractivity contribution in [3.8, 4) is 0 Å². The molecule has 1 amide bonds. The van der Waals surface area contributed by atoms with Crippen LogP contribution in [0.4, 0.5) is 0 Å². The molecule has 5 heteroatoms. The number of carbonyl (C=O) groups excluding carboxylic acids is 1. The van der Waals surface area contributed by atoms with Gasteiger partial charge in [0.15, 0.2) is 0 Å². The molecule has 1 aliphatic heterocycles. The van der Waals surface area contributed by atoms with E-state index in [-0.39, 0.29) is 11.3 Å². The Morgan fingerprint density at radius 3 is 2.84 bits per heavy atom. The molecule has 154 valence electrons. The average molecular weight is 428 g/mol. The molecule has 1 aliphatic carbocycles. The minimum atomic E-state index is -0.0592. The summed E-state index contributed by atoms with van der Waals surface area (Å²) in [6.45, 7) is 5.03. The van der Waals surface area contributed by atoms with E-state index in [0.717, 1.165) is 51.8 Å². The topological polar surface area (TPSA) is 49.0 Å². The lowest BCUT2D eigenvalue weighted by Crippen LogP contribution is -2.28. The second-order valence-corrected chi connectivity index (χ2v) is 9.67. The van der Waals surface area contributed by atoms with Crippen molar-refractivity contribution < 1.29 is 4.79 Å². The summed E-state index contributed by atoms with van der Waals surface area (Å²) in [7, 11) is 0.